The van der Waals surface area contributed by atoms with Crippen LogP contribution in [0.15, 0.2) is 194 Å². The van der Waals surface area contributed by atoms with E-state index < -0.39 is 0 Å². The molecule has 0 saturated heterocycles. The van der Waals surface area contributed by atoms with Gasteiger partial charge in [0.2, 0.25) is 0 Å². The Labute approximate surface area is 332 Å². The lowest BCUT2D eigenvalue weighted by molar-refractivity contribution is 0.661. The molecule has 0 aliphatic heterocycles. The minimum atomic E-state index is -0.0444. The molecule has 9 aromatic carbocycles. The Balaban J connectivity index is 0.992. The average Bonchev–Trinajstić information content (AvgIpc) is 3.51. The highest BCUT2D eigenvalue weighted by molar-refractivity contribution is 6.06. The summed E-state index contributed by atoms with van der Waals surface area (Å²) in [4.78, 5) is 10.3. The van der Waals surface area contributed by atoms with Crippen LogP contribution < -0.4 is 0 Å². The Kier molecular flexibility index (Phi) is 7.55. The van der Waals surface area contributed by atoms with Crippen molar-refractivity contribution in [1.82, 2.24) is 9.97 Å². The first kappa shape index (κ1) is 33.2. The Morgan fingerprint density at radius 2 is 0.912 bits per heavy atom. The van der Waals surface area contributed by atoms with E-state index in [1.165, 1.54) is 71.4 Å². The summed E-state index contributed by atoms with van der Waals surface area (Å²) in [6.07, 6.45) is 0. The number of fused-ring (bicyclic) bond motifs is 7. The van der Waals surface area contributed by atoms with Gasteiger partial charge in [-0.2, -0.15) is 0 Å². The van der Waals surface area contributed by atoms with Gasteiger partial charge < -0.3 is 0 Å². The molecule has 0 atom stereocenters. The topological polar surface area (TPSA) is 25.8 Å². The maximum absolute atomic E-state index is 5.21. The number of nitrogens with zero attached hydrogens (tertiary/aromatic N) is 2. The molecule has 0 spiro atoms. The summed E-state index contributed by atoms with van der Waals surface area (Å²) < 4.78 is 0. The van der Waals surface area contributed by atoms with E-state index >= 15 is 0 Å². The van der Waals surface area contributed by atoms with Crippen molar-refractivity contribution < 1.29 is 0 Å². The molecule has 1 aromatic heterocycles. The third-order valence-electron chi connectivity index (χ3n) is 12.1. The fraction of sp³-hybridized carbons (Fsp3) is 0.0545. The molecule has 0 N–H and O–H groups in total. The second-order valence-electron chi connectivity index (χ2n) is 15.8. The summed E-state index contributed by atoms with van der Waals surface area (Å²) in [6.45, 7) is 4.71. The molecular weight excluding hydrogens is 689 g/mol. The third kappa shape index (κ3) is 5.48. The molecule has 0 saturated carbocycles. The van der Waals surface area contributed by atoms with Crippen molar-refractivity contribution in [3.63, 3.8) is 0 Å². The summed E-state index contributed by atoms with van der Waals surface area (Å²) in [6, 6.07) is 70.2. The number of hydrogen-bond donors (Lipinski definition) is 0. The Hall–Kier alpha value is -7.16. The van der Waals surface area contributed by atoms with E-state index in [-0.39, 0.29) is 5.41 Å². The molecule has 1 heterocycles. The molecule has 1 aliphatic carbocycles. The summed E-state index contributed by atoms with van der Waals surface area (Å²) in [5.74, 6) is 0.715. The molecule has 11 rings (SSSR count). The van der Waals surface area contributed by atoms with Crippen molar-refractivity contribution in [2.75, 3.05) is 0 Å². The van der Waals surface area contributed by atoms with Gasteiger partial charge in [-0.25, -0.2) is 9.97 Å². The summed E-state index contributed by atoms with van der Waals surface area (Å²) in [5, 5.41) is 7.37. The zero-order valence-electron chi connectivity index (χ0n) is 31.9. The smallest absolute Gasteiger partial charge is 0.160 e. The van der Waals surface area contributed by atoms with Crippen molar-refractivity contribution in [2.24, 2.45) is 0 Å². The third-order valence-corrected chi connectivity index (χ3v) is 12.1. The van der Waals surface area contributed by atoms with E-state index in [9.17, 15) is 0 Å². The standard InChI is InChI=1S/C55H38N2/c1-55(2)49-30-27-41(33-48(49)53-44-17-9-8-13-37(44)26-31-50(53)55)36-20-23-38(24-21-36)43-28-29-47(46-19-11-10-18-45(43)46)52-34-51(56-54(57-52)39-14-4-3-5-15-39)42-25-22-35-12-6-7-16-40(35)32-42/h3-34H,1-2H3. The first-order chi connectivity index (χ1) is 28.0. The number of aromatic nitrogens is 2. The van der Waals surface area contributed by atoms with Crippen molar-refractivity contribution in [1.29, 1.82) is 0 Å². The molecule has 0 fully saturated rings. The lowest BCUT2D eigenvalue weighted by Crippen LogP contribution is -2.14. The fourth-order valence-corrected chi connectivity index (χ4v) is 9.12. The first-order valence-electron chi connectivity index (χ1n) is 19.7. The molecule has 0 radical (unpaired) electrons. The van der Waals surface area contributed by atoms with Crippen molar-refractivity contribution in [3.05, 3.63) is 205 Å². The summed E-state index contributed by atoms with van der Waals surface area (Å²) in [7, 11) is 0. The van der Waals surface area contributed by atoms with Gasteiger partial charge in [0.25, 0.3) is 0 Å². The molecule has 2 heteroatoms. The highest BCUT2D eigenvalue weighted by Gasteiger charge is 2.36. The van der Waals surface area contributed by atoms with Gasteiger partial charge in [0, 0.05) is 22.1 Å². The number of benzene rings is 9. The molecule has 57 heavy (non-hydrogen) atoms. The monoisotopic (exact) mass is 726 g/mol. The highest BCUT2D eigenvalue weighted by Crippen LogP contribution is 2.52. The van der Waals surface area contributed by atoms with Crippen LogP contribution >= 0.6 is 0 Å². The highest BCUT2D eigenvalue weighted by atomic mass is 14.9. The molecule has 0 bridgehead atoms. The zero-order valence-corrected chi connectivity index (χ0v) is 31.9. The van der Waals surface area contributed by atoms with E-state index in [0.717, 1.165) is 33.5 Å². The molecular formula is C55H38N2. The van der Waals surface area contributed by atoms with Gasteiger partial charge in [-0.05, 0) is 95.0 Å². The SMILES string of the molecule is CC1(C)c2ccc(-c3ccc(-c4ccc(-c5cc(-c6ccc7ccccc7c6)nc(-c6ccccc6)n5)c5ccccc45)cc3)cc2-c2c1ccc1ccccc21. The van der Waals surface area contributed by atoms with Crippen LogP contribution in [0.4, 0.5) is 0 Å². The predicted octanol–water partition coefficient (Wildman–Crippen LogP) is 14.6. The van der Waals surface area contributed by atoms with Gasteiger partial charge in [-0.15, -0.1) is 0 Å². The van der Waals surface area contributed by atoms with E-state index in [0.29, 0.717) is 5.82 Å². The summed E-state index contributed by atoms with van der Waals surface area (Å²) >= 11 is 0. The largest absolute Gasteiger partial charge is 0.228 e. The zero-order chi connectivity index (χ0) is 38.1. The van der Waals surface area contributed by atoms with Gasteiger partial charge in [0.15, 0.2) is 5.82 Å². The van der Waals surface area contributed by atoms with Crippen molar-refractivity contribution in [2.45, 2.75) is 19.3 Å². The van der Waals surface area contributed by atoms with Crippen molar-refractivity contribution >= 4 is 32.3 Å². The minimum absolute atomic E-state index is 0.0444. The van der Waals surface area contributed by atoms with Gasteiger partial charge in [0.05, 0.1) is 11.4 Å². The number of hydrogen-bond acceptors (Lipinski definition) is 2. The van der Waals surface area contributed by atoms with Crippen LogP contribution in [0.2, 0.25) is 0 Å². The van der Waals surface area contributed by atoms with E-state index in [1.807, 2.05) is 18.2 Å². The second kappa shape index (κ2) is 13.0. The van der Waals surface area contributed by atoms with Crippen LogP contribution in [0.25, 0.3) is 99.6 Å². The van der Waals surface area contributed by atoms with Crippen molar-refractivity contribution in [3.8, 4) is 67.3 Å². The summed E-state index contributed by atoms with van der Waals surface area (Å²) in [5.41, 5.74) is 15.3. The molecule has 0 unspecified atom stereocenters. The quantitative estimate of drug-likeness (QED) is 0.176. The van der Waals surface area contributed by atoms with Crippen LogP contribution in [0, 0.1) is 0 Å². The van der Waals surface area contributed by atoms with E-state index in [4.69, 9.17) is 9.97 Å². The second-order valence-corrected chi connectivity index (χ2v) is 15.8. The van der Waals surface area contributed by atoms with Crippen LogP contribution in [-0.2, 0) is 5.41 Å². The van der Waals surface area contributed by atoms with E-state index in [1.54, 1.807) is 0 Å². The van der Waals surface area contributed by atoms with Crippen LogP contribution in [0.5, 0.6) is 0 Å². The van der Waals surface area contributed by atoms with Gasteiger partial charge in [-0.3, -0.25) is 0 Å². The lowest BCUT2D eigenvalue weighted by atomic mass is 9.82. The number of rotatable bonds is 5. The van der Waals surface area contributed by atoms with Gasteiger partial charge in [-0.1, -0.05) is 190 Å². The Morgan fingerprint density at radius 1 is 0.333 bits per heavy atom. The van der Waals surface area contributed by atoms with Crippen LogP contribution in [0.1, 0.15) is 25.0 Å². The van der Waals surface area contributed by atoms with Gasteiger partial charge >= 0.3 is 0 Å². The lowest BCUT2D eigenvalue weighted by Gasteiger charge is -2.21. The Morgan fingerprint density at radius 3 is 1.72 bits per heavy atom. The van der Waals surface area contributed by atoms with Crippen LogP contribution in [-0.4, -0.2) is 9.97 Å². The minimum Gasteiger partial charge on any atom is -0.228 e. The Bertz CT molecular complexity index is 3190. The first-order valence-corrected chi connectivity index (χ1v) is 19.7. The van der Waals surface area contributed by atoms with Gasteiger partial charge in [0.1, 0.15) is 0 Å². The molecule has 2 nitrogen and oxygen atoms in total. The maximum Gasteiger partial charge on any atom is 0.160 e. The molecule has 10 aromatic rings. The average molecular weight is 727 g/mol. The molecule has 1 aliphatic rings. The maximum atomic E-state index is 5.21. The normalized spacial score (nSPS) is 12.9. The fourth-order valence-electron chi connectivity index (χ4n) is 9.12. The van der Waals surface area contributed by atoms with Crippen LogP contribution in [0.3, 0.4) is 0 Å². The predicted molar refractivity (Wildman–Crippen MR) is 239 cm³/mol. The molecule has 0 amide bonds. The van der Waals surface area contributed by atoms with E-state index in [2.05, 4.69) is 190 Å². The molecule has 268 valence electrons.